The molecule has 5 nitrogen and oxygen atoms in total. The van der Waals surface area contributed by atoms with E-state index >= 15 is 0 Å². The van der Waals surface area contributed by atoms with Crippen LogP contribution in [0.15, 0.2) is 11.6 Å². The SMILES string of the molecule is CC1CCC2[C@@](C)(CC[C@@H](O)[C@@]2(C)CO)C1C/C=C1/C(=O)OC[C@H]1O. The fourth-order valence-corrected chi connectivity index (χ4v) is 5.98. The van der Waals surface area contributed by atoms with Crippen molar-refractivity contribution in [2.24, 2.45) is 28.6 Å². The first-order valence-electron chi connectivity index (χ1n) is 9.58. The summed E-state index contributed by atoms with van der Waals surface area (Å²) >= 11 is 0. The van der Waals surface area contributed by atoms with Crippen LogP contribution in [0.4, 0.5) is 0 Å². The number of aliphatic hydroxyl groups is 3. The van der Waals surface area contributed by atoms with Gasteiger partial charge in [0.25, 0.3) is 0 Å². The molecule has 1 aliphatic heterocycles. The predicted octanol–water partition coefficient (Wildman–Crippen LogP) is 2.04. The van der Waals surface area contributed by atoms with Crippen molar-refractivity contribution in [3.05, 3.63) is 11.6 Å². The number of aliphatic hydroxyl groups excluding tert-OH is 3. The lowest BCUT2D eigenvalue weighted by Gasteiger charge is -2.61. The maximum absolute atomic E-state index is 11.8. The zero-order valence-corrected chi connectivity index (χ0v) is 15.6. The van der Waals surface area contributed by atoms with E-state index in [1.807, 2.05) is 13.0 Å². The highest BCUT2D eigenvalue weighted by molar-refractivity contribution is 5.91. The highest BCUT2D eigenvalue weighted by atomic mass is 16.6. The van der Waals surface area contributed by atoms with Crippen LogP contribution >= 0.6 is 0 Å². The Bertz CT molecular complexity index is 558. The number of hydrogen-bond donors (Lipinski definition) is 3. The summed E-state index contributed by atoms with van der Waals surface area (Å²) in [7, 11) is 0. The predicted molar refractivity (Wildman–Crippen MR) is 93.6 cm³/mol. The van der Waals surface area contributed by atoms with Crippen molar-refractivity contribution < 1.29 is 24.9 Å². The van der Waals surface area contributed by atoms with Crippen LogP contribution in [0.1, 0.15) is 52.9 Å². The summed E-state index contributed by atoms with van der Waals surface area (Å²) in [6.07, 6.45) is 5.03. The van der Waals surface area contributed by atoms with Gasteiger partial charge in [0, 0.05) is 5.41 Å². The number of carbonyl (C=O) groups excluding carboxylic acids is 1. The highest BCUT2D eigenvalue weighted by Crippen LogP contribution is 2.61. The van der Waals surface area contributed by atoms with Crippen molar-refractivity contribution >= 4 is 5.97 Å². The second-order valence-electron chi connectivity index (χ2n) is 8.95. The van der Waals surface area contributed by atoms with Gasteiger partial charge in [-0.25, -0.2) is 4.79 Å². The largest absolute Gasteiger partial charge is 0.459 e. The Balaban J connectivity index is 1.88. The minimum absolute atomic E-state index is 0.00164. The Kier molecular flexibility index (Phi) is 5.04. The maximum Gasteiger partial charge on any atom is 0.336 e. The molecule has 0 aromatic rings. The van der Waals surface area contributed by atoms with Crippen LogP contribution in [0.5, 0.6) is 0 Å². The van der Waals surface area contributed by atoms with E-state index in [0.717, 1.165) is 25.7 Å². The molecule has 3 unspecified atom stereocenters. The van der Waals surface area contributed by atoms with Crippen LogP contribution < -0.4 is 0 Å². The van der Waals surface area contributed by atoms with Gasteiger partial charge in [-0.2, -0.15) is 0 Å². The molecule has 2 saturated carbocycles. The smallest absolute Gasteiger partial charge is 0.336 e. The first-order valence-corrected chi connectivity index (χ1v) is 9.58. The summed E-state index contributed by atoms with van der Waals surface area (Å²) in [6, 6.07) is 0. The lowest BCUT2D eigenvalue weighted by Crippen LogP contribution is -2.58. The quantitative estimate of drug-likeness (QED) is 0.534. The molecule has 25 heavy (non-hydrogen) atoms. The molecular weight excluding hydrogens is 320 g/mol. The van der Waals surface area contributed by atoms with E-state index in [2.05, 4.69) is 13.8 Å². The molecule has 0 aromatic heterocycles. The Labute approximate surface area is 150 Å². The van der Waals surface area contributed by atoms with E-state index in [-0.39, 0.29) is 24.5 Å². The second-order valence-corrected chi connectivity index (χ2v) is 8.95. The second kappa shape index (κ2) is 6.67. The molecule has 0 radical (unpaired) electrons. The minimum Gasteiger partial charge on any atom is -0.459 e. The van der Waals surface area contributed by atoms with Crippen LogP contribution in [0, 0.1) is 28.6 Å². The van der Waals surface area contributed by atoms with Crippen molar-refractivity contribution in [3.8, 4) is 0 Å². The Morgan fingerprint density at radius 1 is 1.24 bits per heavy atom. The number of esters is 1. The highest BCUT2D eigenvalue weighted by Gasteiger charge is 2.57. The minimum atomic E-state index is -0.814. The number of allylic oxidation sites excluding steroid dienone is 1. The van der Waals surface area contributed by atoms with Gasteiger partial charge in [0.1, 0.15) is 12.7 Å². The Morgan fingerprint density at radius 3 is 2.56 bits per heavy atom. The van der Waals surface area contributed by atoms with Gasteiger partial charge in [0.05, 0.1) is 18.3 Å². The molecule has 0 spiro atoms. The van der Waals surface area contributed by atoms with E-state index < -0.39 is 23.6 Å². The fourth-order valence-electron chi connectivity index (χ4n) is 5.98. The van der Waals surface area contributed by atoms with E-state index in [0.29, 0.717) is 23.8 Å². The zero-order chi connectivity index (χ0) is 18.4. The average Bonchev–Trinajstić information content (AvgIpc) is 2.89. The molecule has 1 heterocycles. The first kappa shape index (κ1) is 18.9. The monoisotopic (exact) mass is 352 g/mol. The van der Waals surface area contributed by atoms with Crippen LogP contribution in [0.3, 0.4) is 0 Å². The topological polar surface area (TPSA) is 87.0 Å². The molecule has 1 saturated heterocycles. The van der Waals surface area contributed by atoms with Gasteiger partial charge in [0.15, 0.2) is 0 Å². The molecule has 5 heteroatoms. The van der Waals surface area contributed by atoms with Crippen LogP contribution in [0.25, 0.3) is 0 Å². The van der Waals surface area contributed by atoms with Crippen molar-refractivity contribution in [1.82, 2.24) is 0 Å². The zero-order valence-electron chi connectivity index (χ0n) is 15.6. The van der Waals surface area contributed by atoms with Crippen LogP contribution in [-0.4, -0.2) is 46.7 Å². The summed E-state index contributed by atoms with van der Waals surface area (Å²) < 4.78 is 4.92. The Hall–Kier alpha value is -0.910. The summed E-state index contributed by atoms with van der Waals surface area (Å²) in [5.74, 6) is 0.717. The molecule has 0 aromatic carbocycles. The van der Waals surface area contributed by atoms with E-state index in [4.69, 9.17) is 4.74 Å². The van der Waals surface area contributed by atoms with Gasteiger partial charge in [0.2, 0.25) is 0 Å². The summed E-state index contributed by atoms with van der Waals surface area (Å²) in [4.78, 5) is 11.8. The van der Waals surface area contributed by atoms with Crippen LogP contribution in [-0.2, 0) is 9.53 Å². The van der Waals surface area contributed by atoms with Crippen molar-refractivity contribution in [3.63, 3.8) is 0 Å². The molecular formula is C20H32O5. The molecule has 142 valence electrons. The maximum atomic E-state index is 11.8. The van der Waals surface area contributed by atoms with Gasteiger partial charge >= 0.3 is 5.97 Å². The fraction of sp³-hybridized carbons (Fsp3) is 0.850. The number of carbonyl (C=O) groups is 1. The number of rotatable bonds is 3. The standard InChI is InChI=1S/C20H32O5/c1-12-4-7-16-19(2,9-8-17(23)20(16,3)11-21)14(12)6-5-13-15(22)10-25-18(13)24/h5,12,14-17,21-23H,4,6-11H2,1-3H3/b13-5+/t12?,14?,15-,16?,17-,19+,20+/m1/s1. The summed E-state index contributed by atoms with van der Waals surface area (Å²) in [5, 5.41) is 30.5. The van der Waals surface area contributed by atoms with Crippen molar-refractivity contribution in [2.45, 2.75) is 65.1 Å². The summed E-state index contributed by atoms with van der Waals surface area (Å²) in [5.41, 5.74) is -0.0675. The molecule has 3 rings (SSSR count). The molecule has 7 atom stereocenters. The van der Waals surface area contributed by atoms with E-state index in [9.17, 15) is 20.1 Å². The summed E-state index contributed by atoms with van der Waals surface area (Å²) in [6.45, 7) is 6.62. The van der Waals surface area contributed by atoms with Crippen LogP contribution in [0.2, 0.25) is 0 Å². The number of ether oxygens (including phenoxy) is 1. The normalized spacial score (nSPS) is 49.1. The first-order chi connectivity index (χ1) is 11.7. The van der Waals surface area contributed by atoms with Gasteiger partial charge in [-0.3, -0.25) is 0 Å². The lowest BCUT2D eigenvalue weighted by atomic mass is 9.45. The van der Waals surface area contributed by atoms with Gasteiger partial charge in [-0.05, 0) is 48.9 Å². The third-order valence-electron chi connectivity index (χ3n) is 7.65. The lowest BCUT2D eigenvalue weighted by molar-refractivity contribution is -0.170. The average molecular weight is 352 g/mol. The molecule has 3 fully saturated rings. The molecule has 3 N–H and O–H groups in total. The van der Waals surface area contributed by atoms with Gasteiger partial charge in [-0.1, -0.05) is 33.3 Å². The van der Waals surface area contributed by atoms with Crippen molar-refractivity contribution in [2.75, 3.05) is 13.2 Å². The molecule has 0 bridgehead atoms. The van der Waals surface area contributed by atoms with E-state index in [1.165, 1.54) is 0 Å². The number of hydrogen-bond acceptors (Lipinski definition) is 5. The molecule has 0 amide bonds. The Morgan fingerprint density at radius 2 is 1.96 bits per heavy atom. The molecule has 3 aliphatic rings. The van der Waals surface area contributed by atoms with Gasteiger partial charge < -0.3 is 20.1 Å². The van der Waals surface area contributed by atoms with Gasteiger partial charge in [-0.15, -0.1) is 0 Å². The molecule has 2 aliphatic carbocycles. The number of fused-ring (bicyclic) bond motifs is 1. The third-order valence-corrected chi connectivity index (χ3v) is 7.65. The van der Waals surface area contributed by atoms with E-state index in [1.54, 1.807) is 0 Å². The third kappa shape index (κ3) is 2.94. The van der Waals surface area contributed by atoms with Crippen molar-refractivity contribution in [1.29, 1.82) is 0 Å². The number of cyclic esters (lactones) is 1.